The fourth-order valence-electron chi connectivity index (χ4n) is 2.49. The molecule has 1 aromatic heterocycles. The Hall–Kier alpha value is -3.48. The maximum atomic E-state index is 12.5. The van der Waals surface area contributed by atoms with Gasteiger partial charge in [0.15, 0.2) is 0 Å². The van der Waals surface area contributed by atoms with Gasteiger partial charge >= 0.3 is 0 Å². The van der Waals surface area contributed by atoms with E-state index in [1.165, 1.54) is 6.07 Å². The number of nitrogens with zero attached hydrogens (tertiary/aromatic N) is 3. The molecule has 0 saturated heterocycles. The average molecular weight is 336 g/mol. The Balaban J connectivity index is 1.84. The highest BCUT2D eigenvalue weighted by Gasteiger charge is 2.16. The standard InChI is InChI=1S/C18H16N4O3/c1-13-7-8-14(11-17(13)22(24)25)18(23)20-16-6-3-2-5-15(16)12-21-10-4-9-19-21/h2-11H,12H2,1H3,(H,20,23). The van der Waals surface area contributed by atoms with Crippen LogP contribution in [0.3, 0.4) is 0 Å². The van der Waals surface area contributed by atoms with E-state index in [2.05, 4.69) is 10.4 Å². The van der Waals surface area contributed by atoms with E-state index in [0.717, 1.165) is 5.56 Å². The van der Waals surface area contributed by atoms with Gasteiger partial charge < -0.3 is 5.32 Å². The summed E-state index contributed by atoms with van der Waals surface area (Å²) in [6.07, 6.45) is 3.52. The number of amides is 1. The molecule has 1 N–H and O–H groups in total. The van der Waals surface area contributed by atoms with Crippen LogP contribution in [0.25, 0.3) is 0 Å². The van der Waals surface area contributed by atoms with Crippen LogP contribution in [0.15, 0.2) is 60.9 Å². The summed E-state index contributed by atoms with van der Waals surface area (Å²) in [6.45, 7) is 2.15. The van der Waals surface area contributed by atoms with E-state index < -0.39 is 10.8 Å². The molecule has 0 fully saturated rings. The lowest BCUT2D eigenvalue weighted by molar-refractivity contribution is -0.385. The van der Waals surface area contributed by atoms with Crippen molar-refractivity contribution in [3.63, 3.8) is 0 Å². The van der Waals surface area contributed by atoms with Crippen LogP contribution in [0.2, 0.25) is 0 Å². The molecular weight excluding hydrogens is 320 g/mol. The number of hydrogen-bond donors (Lipinski definition) is 1. The molecule has 126 valence electrons. The van der Waals surface area contributed by atoms with Gasteiger partial charge in [-0.1, -0.05) is 24.3 Å². The zero-order chi connectivity index (χ0) is 17.8. The Morgan fingerprint density at radius 1 is 1.24 bits per heavy atom. The summed E-state index contributed by atoms with van der Waals surface area (Å²) in [7, 11) is 0. The third kappa shape index (κ3) is 3.72. The first-order chi connectivity index (χ1) is 12.0. The van der Waals surface area contributed by atoms with Crippen LogP contribution in [0.5, 0.6) is 0 Å². The van der Waals surface area contributed by atoms with Crippen molar-refractivity contribution in [1.29, 1.82) is 0 Å². The zero-order valence-electron chi connectivity index (χ0n) is 13.5. The van der Waals surface area contributed by atoms with E-state index in [-0.39, 0.29) is 11.3 Å². The molecule has 0 aliphatic rings. The predicted molar refractivity (Wildman–Crippen MR) is 93.6 cm³/mol. The predicted octanol–water partition coefficient (Wildman–Crippen LogP) is 3.40. The molecule has 1 amide bonds. The Labute approximate surface area is 144 Å². The third-order valence-electron chi connectivity index (χ3n) is 3.83. The van der Waals surface area contributed by atoms with Gasteiger partial charge in [-0.3, -0.25) is 19.6 Å². The number of nitrogens with one attached hydrogen (secondary N) is 1. The quantitative estimate of drug-likeness (QED) is 0.571. The van der Waals surface area contributed by atoms with Gasteiger partial charge in [0.2, 0.25) is 0 Å². The SMILES string of the molecule is Cc1ccc(C(=O)Nc2ccccc2Cn2cccn2)cc1[N+](=O)[O-]. The Morgan fingerprint density at radius 3 is 2.76 bits per heavy atom. The first-order valence-corrected chi connectivity index (χ1v) is 7.66. The van der Waals surface area contributed by atoms with Gasteiger partial charge in [-0.05, 0) is 30.7 Å². The number of para-hydroxylation sites is 1. The number of carbonyl (C=O) groups excluding carboxylic acids is 1. The fourth-order valence-corrected chi connectivity index (χ4v) is 2.49. The number of rotatable bonds is 5. The van der Waals surface area contributed by atoms with Crippen LogP contribution < -0.4 is 5.32 Å². The molecule has 0 bridgehead atoms. The smallest absolute Gasteiger partial charge is 0.273 e. The molecule has 0 unspecified atom stereocenters. The van der Waals surface area contributed by atoms with Crippen molar-refractivity contribution in [3.05, 3.63) is 87.7 Å². The summed E-state index contributed by atoms with van der Waals surface area (Å²) in [5.74, 6) is -0.393. The van der Waals surface area contributed by atoms with Gasteiger partial charge in [-0.2, -0.15) is 5.10 Å². The van der Waals surface area contributed by atoms with E-state index in [1.807, 2.05) is 30.5 Å². The summed E-state index contributed by atoms with van der Waals surface area (Å²) < 4.78 is 1.75. The number of nitro benzene ring substituents is 1. The van der Waals surface area contributed by atoms with Crippen molar-refractivity contribution < 1.29 is 9.72 Å². The van der Waals surface area contributed by atoms with Crippen LogP contribution in [-0.4, -0.2) is 20.6 Å². The van der Waals surface area contributed by atoms with Gasteiger partial charge in [0.1, 0.15) is 0 Å². The van der Waals surface area contributed by atoms with Gasteiger partial charge in [-0.25, -0.2) is 0 Å². The van der Waals surface area contributed by atoms with Crippen LogP contribution in [0, 0.1) is 17.0 Å². The summed E-state index contributed by atoms with van der Waals surface area (Å²) in [4.78, 5) is 23.1. The summed E-state index contributed by atoms with van der Waals surface area (Å²) in [6, 6.07) is 13.7. The number of hydrogen-bond acceptors (Lipinski definition) is 4. The average Bonchev–Trinajstić information content (AvgIpc) is 3.09. The summed E-state index contributed by atoms with van der Waals surface area (Å²) in [5.41, 5.74) is 2.22. The number of anilines is 1. The van der Waals surface area contributed by atoms with Crippen LogP contribution in [-0.2, 0) is 6.54 Å². The van der Waals surface area contributed by atoms with E-state index in [1.54, 1.807) is 36.0 Å². The zero-order valence-corrected chi connectivity index (χ0v) is 13.5. The topological polar surface area (TPSA) is 90.1 Å². The molecular formula is C18H16N4O3. The van der Waals surface area contributed by atoms with Gasteiger partial charge in [0.25, 0.3) is 11.6 Å². The molecule has 0 aliphatic carbocycles. The molecule has 7 heteroatoms. The molecule has 0 spiro atoms. The highest BCUT2D eigenvalue weighted by molar-refractivity contribution is 6.05. The van der Waals surface area contributed by atoms with E-state index in [0.29, 0.717) is 17.8 Å². The van der Waals surface area contributed by atoms with Crippen molar-refractivity contribution in [1.82, 2.24) is 9.78 Å². The minimum absolute atomic E-state index is 0.0718. The van der Waals surface area contributed by atoms with Crippen molar-refractivity contribution in [2.45, 2.75) is 13.5 Å². The lowest BCUT2D eigenvalue weighted by atomic mass is 10.1. The second-order valence-electron chi connectivity index (χ2n) is 5.57. The second kappa shape index (κ2) is 6.96. The molecule has 0 aliphatic heterocycles. The van der Waals surface area contributed by atoms with E-state index >= 15 is 0 Å². The van der Waals surface area contributed by atoms with Gasteiger partial charge in [-0.15, -0.1) is 0 Å². The van der Waals surface area contributed by atoms with E-state index in [9.17, 15) is 14.9 Å². The maximum Gasteiger partial charge on any atom is 0.273 e. The molecule has 2 aromatic carbocycles. The fraction of sp³-hybridized carbons (Fsp3) is 0.111. The molecule has 0 saturated carbocycles. The number of nitro groups is 1. The van der Waals surface area contributed by atoms with Crippen molar-refractivity contribution in [2.75, 3.05) is 5.32 Å². The third-order valence-corrected chi connectivity index (χ3v) is 3.83. The number of benzene rings is 2. The highest BCUT2D eigenvalue weighted by Crippen LogP contribution is 2.21. The monoisotopic (exact) mass is 336 g/mol. The van der Waals surface area contributed by atoms with Crippen molar-refractivity contribution in [3.8, 4) is 0 Å². The van der Waals surface area contributed by atoms with Crippen LogP contribution in [0.1, 0.15) is 21.5 Å². The second-order valence-corrected chi connectivity index (χ2v) is 5.57. The number of aryl methyl sites for hydroxylation is 1. The minimum atomic E-state index is -0.488. The first kappa shape index (κ1) is 16.4. The van der Waals surface area contributed by atoms with E-state index in [4.69, 9.17) is 0 Å². The number of carbonyl (C=O) groups is 1. The number of aromatic nitrogens is 2. The first-order valence-electron chi connectivity index (χ1n) is 7.66. The summed E-state index contributed by atoms with van der Waals surface area (Å²) >= 11 is 0. The highest BCUT2D eigenvalue weighted by atomic mass is 16.6. The van der Waals surface area contributed by atoms with Crippen LogP contribution in [0.4, 0.5) is 11.4 Å². The molecule has 25 heavy (non-hydrogen) atoms. The maximum absolute atomic E-state index is 12.5. The molecule has 7 nitrogen and oxygen atoms in total. The lowest BCUT2D eigenvalue weighted by Gasteiger charge is -2.11. The Morgan fingerprint density at radius 2 is 2.04 bits per heavy atom. The molecule has 3 rings (SSSR count). The largest absolute Gasteiger partial charge is 0.322 e. The Bertz CT molecular complexity index is 920. The lowest BCUT2D eigenvalue weighted by Crippen LogP contribution is -2.14. The summed E-state index contributed by atoms with van der Waals surface area (Å²) in [5, 5.41) is 18.0. The van der Waals surface area contributed by atoms with Gasteiger partial charge in [0, 0.05) is 35.3 Å². The van der Waals surface area contributed by atoms with Crippen LogP contribution >= 0.6 is 0 Å². The Kier molecular flexibility index (Phi) is 4.56. The molecule has 0 atom stereocenters. The van der Waals surface area contributed by atoms with Crippen molar-refractivity contribution >= 4 is 17.3 Å². The molecule has 0 radical (unpaired) electrons. The minimum Gasteiger partial charge on any atom is -0.322 e. The molecule has 3 aromatic rings. The van der Waals surface area contributed by atoms with Crippen molar-refractivity contribution in [2.24, 2.45) is 0 Å². The normalized spacial score (nSPS) is 10.4. The molecule has 1 heterocycles. The van der Waals surface area contributed by atoms with Gasteiger partial charge in [0.05, 0.1) is 11.5 Å².